The number of pyridine rings is 2. The molecule has 4 rings (SSSR count). The first-order chi connectivity index (χ1) is 22.3. The summed E-state index contributed by atoms with van der Waals surface area (Å²) in [6.07, 6.45) is 27.4. The van der Waals surface area contributed by atoms with Gasteiger partial charge in [0, 0.05) is 49.3 Å². The fourth-order valence-electron chi connectivity index (χ4n) is 6.00. The molecule has 46 heavy (non-hydrogen) atoms. The summed E-state index contributed by atoms with van der Waals surface area (Å²) in [4.78, 5) is 9.44. The molecule has 0 aliphatic heterocycles. The van der Waals surface area contributed by atoms with Crippen molar-refractivity contribution >= 4 is 24.3 Å². The first-order valence-corrected chi connectivity index (χ1v) is 17.9. The van der Waals surface area contributed by atoms with E-state index in [1.165, 1.54) is 62.8 Å². The topological polar surface area (TPSA) is 35.6 Å². The van der Waals surface area contributed by atoms with E-state index in [2.05, 4.69) is 136 Å². The standard InChI is InChI=1S/C42H58N4/c1-33(2)11-7-13-35(5)25-29-45-27-9-15-39(45)21-17-37-19-23-41(43-31-37)42-24-20-38(32-44-42)18-22-40-16-10-28-46(40)30-26-36(6)14-8-12-34(3)4/h9-10,15-24,27-28,31-36H,7-8,11-14,25-26,29-30H2,1-6H3/b21-17+,22-18+/t35-,36-/m0/s1. The van der Waals surface area contributed by atoms with Gasteiger partial charge in [-0.05, 0) is 96.2 Å². The molecule has 0 saturated carbocycles. The van der Waals surface area contributed by atoms with E-state index in [9.17, 15) is 0 Å². The van der Waals surface area contributed by atoms with E-state index < -0.39 is 0 Å². The van der Waals surface area contributed by atoms with Crippen molar-refractivity contribution in [1.29, 1.82) is 0 Å². The van der Waals surface area contributed by atoms with Crippen LogP contribution in [-0.4, -0.2) is 19.1 Å². The number of hydrogen-bond donors (Lipinski definition) is 0. The van der Waals surface area contributed by atoms with Crippen LogP contribution in [0.2, 0.25) is 0 Å². The van der Waals surface area contributed by atoms with Crippen molar-refractivity contribution < 1.29 is 0 Å². The van der Waals surface area contributed by atoms with Crippen LogP contribution in [0.3, 0.4) is 0 Å². The zero-order chi connectivity index (χ0) is 32.7. The minimum absolute atomic E-state index is 0.758. The highest BCUT2D eigenvalue weighted by Crippen LogP contribution is 2.21. The summed E-state index contributed by atoms with van der Waals surface area (Å²) in [6.45, 7) is 16.2. The largest absolute Gasteiger partial charge is 0.348 e. The van der Waals surface area contributed by atoms with E-state index in [1.54, 1.807) is 0 Å². The zero-order valence-electron chi connectivity index (χ0n) is 29.4. The fourth-order valence-corrected chi connectivity index (χ4v) is 6.00. The van der Waals surface area contributed by atoms with Gasteiger partial charge in [0.1, 0.15) is 0 Å². The molecular weight excluding hydrogens is 560 g/mol. The molecule has 0 bridgehead atoms. The van der Waals surface area contributed by atoms with Crippen molar-refractivity contribution in [3.05, 3.63) is 95.8 Å². The number of aryl methyl sites for hydroxylation is 2. The molecule has 0 radical (unpaired) electrons. The van der Waals surface area contributed by atoms with Gasteiger partial charge in [0.05, 0.1) is 11.4 Å². The predicted octanol–water partition coefficient (Wildman–Crippen LogP) is 11.8. The van der Waals surface area contributed by atoms with Crippen LogP contribution in [-0.2, 0) is 13.1 Å². The minimum Gasteiger partial charge on any atom is -0.348 e. The Bertz CT molecular complexity index is 1350. The number of hydrogen-bond acceptors (Lipinski definition) is 2. The number of nitrogens with zero attached hydrogens (tertiary/aromatic N) is 4. The molecule has 4 aromatic heterocycles. The van der Waals surface area contributed by atoms with Crippen LogP contribution in [0.4, 0.5) is 0 Å². The van der Waals surface area contributed by atoms with E-state index in [0.29, 0.717) is 0 Å². The lowest BCUT2D eigenvalue weighted by atomic mass is 9.97. The smallest absolute Gasteiger partial charge is 0.0886 e. The first kappa shape index (κ1) is 35.2. The van der Waals surface area contributed by atoms with Crippen molar-refractivity contribution in [2.45, 2.75) is 106 Å². The van der Waals surface area contributed by atoms with Gasteiger partial charge in [0.2, 0.25) is 0 Å². The lowest BCUT2D eigenvalue weighted by molar-refractivity contribution is 0.414. The Balaban J connectivity index is 1.26. The van der Waals surface area contributed by atoms with E-state index in [-0.39, 0.29) is 0 Å². The van der Waals surface area contributed by atoms with Gasteiger partial charge in [0.15, 0.2) is 0 Å². The Morgan fingerprint density at radius 2 is 0.957 bits per heavy atom. The molecule has 0 amide bonds. The number of rotatable bonds is 19. The Morgan fingerprint density at radius 1 is 0.522 bits per heavy atom. The minimum atomic E-state index is 0.758. The summed E-state index contributed by atoms with van der Waals surface area (Å²) < 4.78 is 4.73. The molecule has 0 N–H and O–H groups in total. The highest BCUT2D eigenvalue weighted by atomic mass is 15.0. The molecule has 0 fully saturated rings. The molecule has 0 saturated heterocycles. The van der Waals surface area contributed by atoms with Crippen molar-refractivity contribution in [2.24, 2.45) is 23.7 Å². The predicted molar refractivity (Wildman–Crippen MR) is 199 cm³/mol. The summed E-state index contributed by atoms with van der Waals surface area (Å²) in [6, 6.07) is 17.0. The van der Waals surface area contributed by atoms with Gasteiger partial charge in [-0.3, -0.25) is 9.97 Å². The normalized spacial score (nSPS) is 13.5. The average Bonchev–Trinajstić information content (AvgIpc) is 3.70. The molecule has 0 aliphatic rings. The van der Waals surface area contributed by atoms with Crippen LogP contribution >= 0.6 is 0 Å². The second-order valence-corrected chi connectivity index (χ2v) is 14.3. The maximum absolute atomic E-state index is 4.72. The molecule has 4 nitrogen and oxygen atoms in total. The van der Waals surface area contributed by atoms with E-state index >= 15 is 0 Å². The van der Waals surface area contributed by atoms with E-state index in [1.807, 2.05) is 12.4 Å². The molecule has 4 aromatic rings. The third kappa shape index (κ3) is 11.9. The average molecular weight is 619 g/mol. The van der Waals surface area contributed by atoms with Crippen LogP contribution in [0.5, 0.6) is 0 Å². The van der Waals surface area contributed by atoms with Gasteiger partial charge >= 0.3 is 0 Å². The summed E-state index contributed by atoms with van der Waals surface area (Å²) in [5, 5.41) is 0. The van der Waals surface area contributed by atoms with Crippen LogP contribution in [0.1, 0.15) is 115 Å². The molecular formula is C42H58N4. The highest BCUT2D eigenvalue weighted by molar-refractivity contribution is 5.70. The van der Waals surface area contributed by atoms with Gasteiger partial charge in [-0.1, -0.05) is 104 Å². The van der Waals surface area contributed by atoms with Crippen molar-refractivity contribution in [2.75, 3.05) is 0 Å². The molecule has 4 heterocycles. The molecule has 2 atom stereocenters. The lowest BCUT2D eigenvalue weighted by Gasteiger charge is -2.14. The molecule has 246 valence electrons. The third-order valence-electron chi connectivity index (χ3n) is 9.14. The SMILES string of the molecule is CC(C)CCC[C@H](C)CCn1cccc1/C=C/c1ccc(-c2ccc(/C=C/c3cccn3CC[C@@H](C)CCCC(C)C)cn2)nc1. The van der Waals surface area contributed by atoms with E-state index in [4.69, 9.17) is 9.97 Å². The molecule has 0 unspecified atom stereocenters. The van der Waals surface area contributed by atoms with Gasteiger partial charge < -0.3 is 9.13 Å². The van der Waals surface area contributed by atoms with Crippen molar-refractivity contribution in [3.63, 3.8) is 0 Å². The van der Waals surface area contributed by atoms with Gasteiger partial charge in [-0.2, -0.15) is 0 Å². The fraction of sp³-hybridized carbons (Fsp3) is 0.476. The number of aromatic nitrogens is 4. The molecule has 0 aliphatic carbocycles. The monoisotopic (exact) mass is 618 g/mol. The molecule has 4 heteroatoms. The second kappa shape index (κ2) is 18.5. The van der Waals surface area contributed by atoms with Gasteiger partial charge in [0.25, 0.3) is 0 Å². The van der Waals surface area contributed by atoms with Gasteiger partial charge in [-0.25, -0.2) is 0 Å². The zero-order valence-corrected chi connectivity index (χ0v) is 29.4. The van der Waals surface area contributed by atoms with Crippen molar-refractivity contribution in [3.8, 4) is 11.4 Å². The quantitative estimate of drug-likeness (QED) is 0.105. The lowest BCUT2D eigenvalue weighted by Crippen LogP contribution is -2.04. The molecule has 0 spiro atoms. The Morgan fingerprint density at radius 3 is 1.33 bits per heavy atom. The summed E-state index contributed by atoms with van der Waals surface area (Å²) in [5.74, 6) is 3.13. The van der Waals surface area contributed by atoms with Crippen LogP contribution in [0.15, 0.2) is 73.3 Å². The molecule has 0 aromatic carbocycles. The summed E-state index contributed by atoms with van der Waals surface area (Å²) in [7, 11) is 0. The van der Waals surface area contributed by atoms with Crippen LogP contribution in [0.25, 0.3) is 35.7 Å². The second-order valence-electron chi connectivity index (χ2n) is 14.3. The third-order valence-corrected chi connectivity index (χ3v) is 9.14. The summed E-state index contributed by atoms with van der Waals surface area (Å²) in [5.41, 5.74) is 6.43. The van der Waals surface area contributed by atoms with E-state index in [0.717, 1.165) is 59.3 Å². The van der Waals surface area contributed by atoms with Crippen LogP contribution in [0, 0.1) is 23.7 Å². The van der Waals surface area contributed by atoms with Crippen LogP contribution < -0.4 is 0 Å². The maximum Gasteiger partial charge on any atom is 0.0886 e. The van der Waals surface area contributed by atoms with Crippen molar-refractivity contribution in [1.82, 2.24) is 19.1 Å². The Hall–Kier alpha value is -3.66. The van der Waals surface area contributed by atoms with Gasteiger partial charge in [-0.15, -0.1) is 0 Å². The Kier molecular flexibility index (Phi) is 14.1. The first-order valence-electron chi connectivity index (χ1n) is 17.9. The Labute approximate surface area is 279 Å². The highest BCUT2D eigenvalue weighted by Gasteiger charge is 2.07. The maximum atomic E-state index is 4.72. The summed E-state index contributed by atoms with van der Waals surface area (Å²) >= 11 is 0.